The molecule has 2 nitrogen and oxygen atoms in total. The minimum Gasteiger partial charge on any atom is -0.474 e. The van der Waals surface area contributed by atoms with Gasteiger partial charge in [0.05, 0.1) is 17.8 Å². The summed E-state index contributed by atoms with van der Waals surface area (Å²) < 4.78 is 5.70. The average Bonchev–Trinajstić information content (AvgIpc) is 2.83. The molecule has 0 amide bonds. The van der Waals surface area contributed by atoms with Gasteiger partial charge in [0.1, 0.15) is 8.07 Å². The fourth-order valence-corrected chi connectivity index (χ4v) is 5.63. The maximum Gasteiger partial charge on any atom is 0.131 e. The maximum absolute atomic E-state index is 9.83. The maximum atomic E-state index is 9.83. The van der Waals surface area contributed by atoms with Crippen molar-refractivity contribution in [3.63, 3.8) is 0 Å². The molecule has 0 saturated heterocycles. The van der Waals surface area contributed by atoms with E-state index < -0.39 is 14.2 Å². The number of furan rings is 1. The van der Waals surface area contributed by atoms with E-state index in [0.29, 0.717) is 6.42 Å². The van der Waals surface area contributed by atoms with Crippen LogP contribution in [-0.4, -0.2) is 13.2 Å². The van der Waals surface area contributed by atoms with E-state index in [1.54, 1.807) is 6.26 Å². The van der Waals surface area contributed by atoms with Gasteiger partial charge in [0.2, 0.25) is 0 Å². The van der Waals surface area contributed by atoms with Crippen molar-refractivity contribution >= 4 is 13.5 Å². The van der Waals surface area contributed by atoms with E-state index in [-0.39, 0.29) is 0 Å². The minimum atomic E-state index is -1.47. The molecule has 0 aliphatic rings. The number of terminal acetylenes is 1. The quantitative estimate of drug-likeness (QED) is 0.622. The molecule has 3 heteroatoms. The third kappa shape index (κ3) is 2.82. The van der Waals surface area contributed by atoms with Crippen LogP contribution in [0.15, 0.2) is 16.7 Å². The second kappa shape index (κ2) is 6.09. The number of aliphatic hydroxyl groups excluding tert-OH is 1. The van der Waals surface area contributed by atoms with Gasteiger partial charge in [0, 0.05) is 12.0 Å². The van der Waals surface area contributed by atoms with Crippen LogP contribution in [-0.2, 0) is 0 Å². The Morgan fingerprint density at radius 3 is 2.41 bits per heavy atom. The summed E-state index contributed by atoms with van der Waals surface area (Å²) in [6.07, 6.45) is 6.63. The topological polar surface area (TPSA) is 33.4 Å². The van der Waals surface area contributed by atoms with E-state index in [4.69, 9.17) is 10.8 Å². The van der Waals surface area contributed by atoms with E-state index >= 15 is 0 Å². The summed E-state index contributed by atoms with van der Waals surface area (Å²) in [5.41, 5.74) is 0.824. The van der Waals surface area contributed by atoms with Crippen LogP contribution in [0.4, 0.5) is 0 Å². The van der Waals surface area contributed by atoms with Gasteiger partial charge in [-0.3, -0.25) is 0 Å². The Morgan fingerprint density at radius 1 is 1.35 bits per heavy atom. The molecule has 0 aromatic carbocycles. The number of rotatable bonds is 6. The van der Waals surface area contributed by atoms with Crippen LogP contribution >= 0.6 is 0 Å². The fourth-order valence-electron chi connectivity index (χ4n) is 2.31. The Bertz CT molecular complexity index is 377. The molecule has 0 fully saturated rings. The van der Waals surface area contributed by atoms with Gasteiger partial charge in [-0.05, 0) is 6.07 Å². The van der Waals surface area contributed by atoms with Crippen molar-refractivity contribution in [1.29, 1.82) is 0 Å². The molecule has 1 aromatic heterocycles. The van der Waals surface area contributed by atoms with E-state index in [0.717, 1.165) is 10.9 Å². The summed E-state index contributed by atoms with van der Waals surface area (Å²) in [5, 5.41) is 10.9. The molecule has 1 atom stereocenters. The normalized spacial score (nSPS) is 13.4. The molecule has 94 valence electrons. The second-order valence-corrected chi connectivity index (χ2v) is 9.68. The van der Waals surface area contributed by atoms with Crippen LogP contribution in [0.3, 0.4) is 0 Å². The molecule has 0 bridgehead atoms. The minimum absolute atomic E-state index is 0.345. The van der Waals surface area contributed by atoms with Gasteiger partial charge in [-0.2, -0.15) is 0 Å². The monoisotopic (exact) mass is 250 g/mol. The summed E-state index contributed by atoms with van der Waals surface area (Å²) in [4.78, 5) is 0. The van der Waals surface area contributed by atoms with Gasteiger partial charge in [0.25, 0.3) is 0 Å². The molecule has 0 spiro atoms. The number of hydrogen-bond acceptors (Lipinski definition) is 2. The van der Waals surface area contributed by atoms with E-state index in [1.807, 2.05) is 6.07 Å². The fraction of sp³-hybridized carbons (Fsp3) is 0.571. The third-order valence-corrected chi connectivity index (χ3v) is 9.24. The highest BCUT2D eigenvalue weighted by atomic mass is 28.3. The lowest BCUT2D eigenvalue weighted by Crippen LogP contribution is -2.44. The molecule has 1 heterocycles. The van der Waals surface area contributed by atoms with Crippen molar-refractivity contribution < 1.29 is 9.52 Å². The standard InChI is InChI=1S/C14H22O2Si/c1-5-9-13(15)12-10-14(16-11-12)17(6-2,7-3)8-4/h1,10-11,13,15H,6-9H2,2-4H3. The summed E-state index contributed by atoms with van der Waals surface area (Å²) in [6, 6.07) is 5.55. The highest BCUT2D eigenvalue weighted by Crippen LogP contribution is 2.23. The first-order chi connectivity index (χ1) is 8.13. The molecule has 0 radical (unpaired) electrons. The van der Waals surface area contributed by atoms with Gasteiger partial charge in [-0.1, -0.05) is 38.9 Å². The molecular formula is C14H22O2Si. The number of hydrogen-bond donors (Lipinski definition) is 1. The predicted molar refractivity (Wildman–Crippen MR) is 73.9 cm³/mol. The molecule has 17 heavy (non-hydrogen) atoms. The molecule has 1 unspecified atom stereocenters. The highest BCUT2D eigenvalue weighted by Gasteiger charge is 2.33. The summed E-state index contributed by atoms with van der Waals surface area (Å²) in [5.74, 6) is 2.48. The molecule has 1 N–H and O–H groups in total. The van der Waals surface area contributed by atoms with Crippen molar-refractivity contribution in [3.8, 4) is 12.3 Å². The highest BCUT2D eigenvalue weighted by molar-refractivity contribution is 6.90. The molecular weight excluding hydrogens is 228 g/mol. The lowest BCUT2D eigenvalue weighted by Gasteiger charge is -2.24. The molecule has 0 saturated carbocycles. The van der Waals surface area contributed by atoms with Gasteiger partial charge < -0.3 is 9.52 Å². The Morgan fingerprint density at radius 2 is 1.94 bits per heavy atom. The third-order valence-electron chi connectivity index (χ3n) is 3.87. The van der Waals surface area contributed by atoms with Gasteiger partial charge >= 0.3 is 0 Å². The second-order valence-electron chi connectivity index (χ2n) is 4.51. The average molecular weight is 250 g/mol. The summed E-state index contributed by atoms with van der Waals surface area (Å²) in [6.45, 7) is 6.71. The first-order valence-electron chi connectivity index (χ1n) is 6.34. The van der Waals surface area contributed by atoms with E-state index in [9.17, 15) is 5.11 Å². The molecule has 1 rings (SSSR count). The van der Waals surface area contributed by atoms with Crippen LogP contribution < -0.4 is 5.38 Å². The van der Waals surface area contributed by atoms with Crippen molar-refractivity contribution in [2.24, 2.45) is 0 Å². The van der Waals surface area contributed by atoms with Crippen LogP contribution in [0.5, 0.6) is 0 Å². The Hall–Kier alpha value is -0.983. The predicted octanol–water partition coefficient (Wildman–Crippen LogP) is 3.05. The van der Waals surface area contributed by atoms with Gasteiger partial charge in [0.15, 0.2) is 0 Å². The Balaban J connectivity index is 2.97. The van der Waals surface area contributed by atoms with E-state index in [1.165, 1.54) is 18.1 Å². The largest absolute Gasteiger partial charge is 0.474 e. The van der Waals surface area contributed by atoms with E-state index in [2.05, 4.69) is 26.7 Å². The summed E-state index contributed by atoms with van der Waals surface area (Å²) in [7, 11) is -1.47. The smallest absolute Gasteiger partial charge is 0.131 e. The molecule has 0 aliphatic carbocycles. The zero-order valence-electron chi connectivity index (χ0n) is 11.0. The zero-order chi connectivity index (χ0) is 12.9. The van der Waals surface area contributed by atoms with Crippen LogP contribution in [0.25, 0.3) is 0 Å². The Kier molecular flexibility index (Phi) is 5.04. The van der Waals surface area contributed by atoms with Gasteiger partial charge in [-0.15, -0.1) is 12.3 Å². The first-order valence-corrected chi connectivity index (χ1v) is 8.96. The number of aliphatic hydroxyl groups is 1. The lowest BCUT2D eigenvalue weighted by atomic mass is 10.1. The van der Waals surface area contributed by atoms with Crippen LogP contribution in [0.1, 0.15) is 38.9 Å². The zero-order valence-corrected chi connectivity index (χ0v) is 12.0. The summed E-state index contributed by atoms with van der Waals surface area (Å²) >= 11 is 0. The lowest BCUT2D eigenvalue weighted by molar-refractivity contribution is 0.183. The van der Waals surface area contributed by atoms with Crippen LogP contribution in [0.2, 0.25) is 18.1 Å². The SMILES string of the molecule is C#CCC(O)c1coc([Si](CC)(CC)CC)c1. The van der Waals surface area contributed by atoms with Crippen molar-refractivity contribution in [1.82, 2.24) is 0 Å². The van der Waals surface area contributed by atoms with Crippen molar-refractivity contribution in [3.05, 3.63) is 17.9 Å². The van der Waals surface area contributed by atoms with Crippen molar-refractivity contribution in [2.75, 3.05) is 0 Å². The Labute approximate surface area is 105 Å². The molecule has 0 aliphatic heterocycles. The first kappa shape index (κ1) is 14.1. The molecule has 1 aromatic rings. The van der Waals surface area contributed by atoms with Crippen LogP contribution in [0, 0.1) is 12.3 Å². The van der Waals surface area contributed by atoms with Crippen molar-refractivity contribution in [2.45, 2.75) is 51.4 Å². The van der Waals surface area contributed by atoms with Gasteiger partial charge in [-0.25, -0.2) is 0 Å².